The number of benzene rings is 1. The zero-order valence-electron chi connectivity index (χ0n) is 14.5. The van der Waals surface area contributed by atoms with Crippen molar-refractivity contribution in [2.24, 2.45) is 11.8 Å². The molecule has 1 aromatic carbocycles. The lowest BCUT2D eigenvalue weighted by molar-refractivity contribution is 0.600. The Morgan fingerprint density at radius 2 is 1.67 bits per heavy atom. The molecular formula is C19H33NS. The maximum Gasteiger partial charge on any atom is 0.0411 e. The van der Waals surface area contributed by atoms with Crippen LogP contribution in [-0.2, 0) is 6.42 Å². The van der Waals surface area contributed by atoms with Gasteiger partial charge < -0.3 is 5.32 Å². The predicted octanol–water partition coefficient (Wildman–Crippen LogP) is 5.32. The molecule has 0 aliphatic rings. The van der Waals surface area contributed by atoms with Gasteiger partial charge in [0.05, 0.1) is 0 Å². The third-order valence-corrected chi connectivity index (χ3v) is 5.23. The number of hydrogen-bond donors (Lipinski definition) is 1. The van der Waals surface area contributed by atoms with Gasteiger partial charge in [-0.3, -0.25) is 0 Å². The molecule has 21 heavy (non-hydrogen) atoms. The SMILES string of the molecule is CCNC(CSCC(C)CC)c1ccc(CC(C)C)cc1. The molecule has 0 fully saturated rings. The molecule has 2 unspecified atom stereocenters. The van der Waals surface area contributed by atoms with Gasteiger partial charge in [-0.25, -0.2) is 0 Å². The molecule has 0 bridgehead atoms. The number of nitrogens with one attached hydrogen (secondary N) is 1. The summed E-state index contributed by atoms with van der Waals surface area (Å²) in [5.74, 6) is 3.99. The van der Waals surface area contributed by atoms with Gasteiger partial charge in [-0.1, -0.05) is 65.3 Å². The van der Waals surface area contributed by atoms with Crippen LogP contribution in [0.4, 0.5) is 0 Å². The maximum absolute atomic E-state index is 3.63. The van der Waals surface area contributed by atoms with E-state index >= 15 is 0 Å². The molecular weight excluding hydrogens is 274 g/mol. The van der Waals surface area contributed by atoms with Crippen LogP contribution in [0.1, 0.15) is 58.2 Å². The molecule has 0 saturated carbocycles. The third kappa shape index (κ3) is 7.37. The molecule has 0 aliphatic heterocycles. The maximum atomic E-state index is 3.63. The third-order valence-electron chi connectivity index (χ3n) is 3.86. The molecule has 1 aromatic rings. The van der Waals surface area contributed by atoms with Crippen molar-refractivity contribution in [2.45, 2.75) is 53.5 Å². The largest absolute Gasteiger partial charge is 0.310 e. The second-order valence-corrected chi connectivity index (χ2v) is 7.58. The predicted molar refractivity (Wildman–Crippen MR) is 98.2 cm³/mol. The van der Waals surface area contributed by atoms with Crippen molar-refractivity contribution < 1.29 is 0 Å². The molecule has 0 saturated heterocycles. The molecule has 2 heteroatoms. The summed E-state index contributed by atoms with van der Waals surface area (Å²) < 4.78 is 0. The normalized spacial score (nSPS) is 14.4. The molecule has 0 amide bonds. The minimum absolute atomic E-state index is 0.483. The first-order chi connectivity index (χ1) is 10.1. The Bertz CT molecular complexity index is 372. The van der Waals surface area contributed by atoms with Crippen LogP contribution in [-0.4, -0.2) is 18.1 Å². The highest BCUT2D eigenvalue weighted by Gasteiger charge is 2.11. The van der Waals surface area contributed by atoms with E-state index in [1.165, 1.54) is 35.5 Å². The highest BCUT2D eigenvalue weighted by atomic mass is 32.2. The van der Waals surface area contributed by atoms with Crippen LogP contribution >= 0.6 is 11.8 Å². The Kier molecular flexibility index (Phi) is 9.10. The Hall–Kier alpha value is -0.470. The van der Waals surface area contributed by atoms with Crippen molar-refractivity contribution in [3.05, 3.63) is 35.4 Å². The van der Waals surface area contributed by atoms with E-state index in [1.807, 2.05) is 0 Å². The zero-order chi connectivity index (χ0) is 15.7. The first-order valence-electron chi connectivity index (χ1n) is 8.46. The molecule has 120 valence electrons. The quantitative estimate of drug-likeness (QED) is 0.628. The van der Waals surface area contributed by atoms with E-state index in [0.29, 0.717) is 6.04 Å². The minimum Gasteiger partial charge on any atom is -0.310 e. The topological polar surface area (TPSA) is 12.0 Å². The lowest BCUT2D eigenvalue weighted by Gasteiger charge is -2.19. The van der Waals surface area contributed by atoms with Gasteiger partial charge in [0, 0.05) is 11.8 Å². The monoisotopic (exact) mass is 307 g/mol. The molecule has 0 aliphatic carbocycles. The van der Waals surface area contributed by atoms with Crippen molar-refractivity contribution in [1.29, 1.82) is 0 Å². The van der Waals surface area contributed by atoms with Crippen molar-refractivity contribution in [2.75, 3.05) is 18.1 Å². The standard InChI is InChI=1S/C19H33NS/c1-6-16(5)13-21-14-19(20-7-2)18-10-8-17(9-11-18)12-15(3)4/h8-11,15-16,19-20H,6-7,12-14H2,1-5H3. The van der Waals surface area contributed by atoms with Gasteiger partial charge in [0.15, 0.2) is 0 Å². The summed E-state index contributed by atoms with van der Waals surface area (Å²) in [6, 6.07) is 9.72. The molecule has 1 rings (SSSR count). The summed E-state index contributed by atoms with van der Waals surface area (Å²) in [5.41, 5.74) is 2.89. The van der Waals surface area contributed by atoms with E-state index < -0.39 is 0 Å². The fourth-order valence-electron chi connectivity index (χ4n) is 2.38. The van der Waals surface area contributed by atoms with Gasteiger partial charge in [-0.05, 0) is 41.7 Å². The zero-order valence-corrected chi connectivity index (χ0v) is 15.3. The summed E-state index contributed by atoms with van der Waals surface area (Å²) in [6.45, 7) is 12.4. The van der Waals surface area contributed by atoms with Crippen LogP contribution in [0.3, 0.4) is 0 Å². The average Bonchev–Trinajstić information content (AvgIpc) is 2.46. The number of thioether (sulfide) groups is 1. The van der Waals surface area contributed by atoms with E-state index in [0.717, 1.165) is 18.4 Å². The van der Waals surface area contributed by atoms with Gasteiger partial charge in [0.25, 0.3) is 0 Å². The highest BCUT2D eigenvalue weighted by molar-refractivity contribution is 7.99. The van der Waals surface area contributed by atoms with Gasteiger partial charge in [-0.2, -0.15) is 11.8 Å². The van der Waals surface area contributed by atoms with Crippen molar-refractivity contribution in [1.82, 2.24) is 5.32 Å². The number of hydrogen-bond acceptors (Lipinski definition) is 2. The second kappa shape index (κ2) is 10.3. The smallest absolute Gasteiger partial charge is 0.0411 e. The highest BCUT2D eigenvalue weighted by Crippen LogP contribution is 2.22. The molecule has 0 heterocycles. The lowest BCUT2D eigenvalue weighted by atomic mass is 10.00. The van der Waals surface area contributed by atoms with Gasteiger partial charge in [0.1, 0.15) is 0 Å². The fourth-order valence-corrected chi connectivity index (χ4v) is 3.70. The van der Waals surface area contributed by atoms with Crippen LogP contribution in [0.15, 0.2) is 24.3 Å². The average molecular weight is 308 g/mol. The lowest BCUT2D eigenvalue weighted by Crippen LogP contribution is -2.23. The Balaban J connectivity index is 2.58. The summed E-state index contributed by atoms with van der Waals surface area (Å²) in [7, 11) is 0. The second-order valence-electron chi connectivity index (χ2n) is 6.50. The van der Waals surface area contributed by atoms with E-state index in [-0.39, 0.29) is 0 Å². The first kappa shape index (κ1) is 18.6. The van der Waals surface area contributed by atoms with Gasteiger partial charge in [0.2, 0.25) is 0 Å². The van der Waals surface area contributed by atoms with Crippen LogP contribution in [0, 0.1) is 11.8 Å². The van der Waals surface area contributed by atoms with E-state index in [4.69, 9.17) is 0 Å². The molecule has 1 nitrogen and oxygen atoms in total. The first-order valence-corrected chi connectivity index (χ1v) is 9.62. The van der Waals surface area contributed by atoms with Crippen molar-refractivity contribution in [3.8, 4) is 0 Å². The number of rotatable bonds is 10. The molecule has 0 spiro atoms. The molecule has 2 atom stereocenters. The van der Waals surface area contributed by atoms with Crippen molar-refractivity contribution in [3.63, 3.8) is 0 Å². The van der Waals surface area contributed by atoms with Crippen LogP contribution in [0.2, 0.25) is 0 Å². The molecule has 0 radical (unpaired) electrons. The van der Waals surface area contributed by atoms with Crippen molar-refractivity contribution >= 4 is 11.8 Å². The summed E-state index contributed by atoms with van der Waals surface area (Å²) in [6.07, 6.45) is 2.46. The van der Waals surface area contributed by atoms with Crippen LogP contribution < -0.4 is 5.32 Å². The van der Waals surface area contributed by atoms with Gasteiger partial charge in [-0.15, -0.1) is 0 Å². The fraction of sp³-hybridized carbons (Fsp3) is 0.684. The van der Waals surface area contributed by atoms with Crippen LogP contribution in [0.5, 0.6) is 0 Å². The van der Waals surface area contributed by atoms with Gasteiger partial charge >= 0.3 is 0 Å². The Labute approximate surface area is 136 Å². The summed E-state index contributed by atoms with van der Waals surface area (Å²) in [5, 5.41) is 3.63. The van der Waals surface area contributed by atoms with E-state index in [1.54, 1.807) is 0 Å². The Morgan fingerprint density at radius 1 is 1.00 bits per heavy atom. The van der Waals surface area contributed by atoms with E-state index in [9.17, 15) is 0 Å². The molecule has 0 aromatic heterocycles. The van der Waals surface area contributed by atoms with E-state index in [2.05, 4.69) is 76.0 Å². The minimum atomic E-state index is 0.483. The molecule has 1 N–H and O–H groups in total. The summed E-state index contributed by atoms with van der Waals surface area (Å²) >= 11 is 2.08. The Morgan fingerprint density at radius 3 is 2.19 bits per heavy atom. The summed E-state index contributed by atoms with van der Waals surface area (Å²) in [4.78, 5) is 0. The van der Waals surface area contributed by atoms with Crippen LogP contribution in [0.25, 0.3) is 0 Å².